The van der Waals surface area contributed by atoms with Crippen LogP contribution in [0.4, 0.5) is 4.79 Å². The first-order chi connectivity index (χ1) is 11.5. The highest BCUT2D eigenvalue weighted by molar-refractivity contribution is 5.75. The van der Waals surface area contributed by atoms with Crippen LogP contribution >= 0.6 is 0 Å². The van der Waals surface area contributed by atoms with Crippen LogP contribution in [0.3, 0.4) is 0 Å². The summed E-state index contributed by atoms with van der Waals surface area (Å²) in [5, 5.41) is 21.2. The summed E-state index contributed by atoms with van der Waals surface area (Å²) in [6.45, 7) is 0.308. The monoisotopic (exact) mass is 336 g/mol. The van der Waals surface area contributed by atoms with E-state index in [4.69, 9.17) is 10.1 Å². The van der Waals surface area contributed by atoms with Crippen molar-refractivity contribution in [2.75, 3.05) is 6.54 Å². The smallest absolute Gasteiger partial charge is 0.408 e. The lowest BCUT2D eigenvalue weighted by Gasteiger charge is -2.12. The van der Waals surface area contributed by atoms with E-state index in [2.05, 4.69) is 10.6 Å². The summed E-state index contributed by atoms with van der Waals surface area (Å²) in [5.41, 5.74) is 2.46. The minimum absolute atomic E-state index is 0.0868. The molecule has 24 heavy (non-hydrogen) atoms. The van der Waals surface area contributed by atoms with Crippen LogP contribution < -0.4 is 16.1 Å². The molecule has 0 bridgehead atoms. The fraction of sp³-hybridized carbons (Fsp3) is 0.357. The van der Waals surface area contributed by atoms with Crippen LogP contribution in [0, 0.1) is 15.5 Å². The first-order valence-corrected chi connectivity index (χ1v) is 7.09. The third-order valence-electron chi connectivity index (χ3n) is 2.82. The number of nitro groups is 1. The van der Waals surface area contributed by atoms with Gasteiger partial charge in [0.25, 0.3) is 5.96 Å². The molecular weight excluding hydrogens is 318 g/mol. The van der Waals surface area contributed by atoms with Gasteiger partial charge in [0.15, 0.2) is 5.03 Å². The molecule has 0 saturated heterocycles. The van der Waals surface area contributed by atoms with E-state index in [1.165, 1.54) is 0 Å². The van der Waals surface area contributed by atoms with Gasteiger partial charge in [-0.05, 0) is 18.4 Å². The second-order valence-corrected chi connectivity index (χ2v) is 4.69. The van der Waals surface area contributed by atoms with E-state index >= 15 is 0 Å². The molecule has 0 unspecified atom stereocenters. The molecule has 10 nitrogen and oxygen atoms in total. The zero-order valence-corrected chi connectivity index (χ0v) is 12.8. The van der Waals surface area contributed by atoms with E-state index in [9.17, 15) is 19.7 Å². The van der Waals surface area contributed by atoms with Gasteiger partial charge < -0.3 is 15.4 Å². The van der Waals surface area contributed by atoms with Crippen molar-refractivity contribution < 1.29 is 19.4 Å². The fourth-order valence-electron chi connectivity index (χ4n) is 1.72. The van der Waals surface area contributed by atoms with Crippen molar-refractivity contribution in [2.24, 2.45) is 0 Å². The first kappa shape index (κ1) is 18.9. The number of rotatable bonds is 9. The average molecular weight is 336 g/mol. The summed E-state index contributed by atoms with van der Waals surface area (Å²) in [6, 6.07) is 8.23. The first-order valence-electron chi connectivity index (χ1n) is 7.09. The van der Waals surface area contributed by atoms with Crippen LogP contribution in [0.25, 0.3) is 0 Å². The van der Waals surface area contributed by atoms with E-state index < -0.39 is 23.1 Å². The highest BCUT2D eigenvalue weighted by atomic mass is 16.7. The molecule has 129 valence electrons. The molecule has 10 heteroatoms. The van der Waals surface area contributed by atoms with E-state index in [0.29, 0.717) is 6.42 Å². The van der Waals surface area contributed by atoms with Gasteiger partial charge in [-0.15, -0.1) is 0 Å². The number of nitrogens with one attached hydrogen (secondary N) is 4. The number of hydrogen-bond acceptors (Lipinski definition) is 6. The van der Waals surface area contributed by atoms with Crippen molar-refractivity contribution in [3.63, 3.8) is 0 Å². The largest absolute Gasteiger partial charge is 0.445 e. The number of ether oxygens (including phenoxy) is 1. The quantitative estimate of drug-likeness (QED) is 0.168. The summed E-state index contributed by atoms with van der Waals surface area (Å²) in [4.78, 5) is 32.5. The Morgan fingerprint density at radius 3 is 2.71 bits per heavy atom. The van der Waals surface area contributed by atoms with Crippen molar-refractivity contribution in [2.45, 2.75) is 25.5 Å². The molecule has 1 radical (unpaired) electrons. The molecule has 0 fully saturated rings. The average Bonchev–Trinajstić information content (AvgIpc) is 2.56. The topological polar surface area (TPSA) is 146 Å². The molecule has 0 saturated carbocycles. The van der Waals surface area contributed by atoms with Gasteiger partial charge in [0, 0.05) is 6.54 Å². The molecule has 0 heterocycles. The maximum Gasteiger partial charge on any atom is 0.408 e. The van der Waals surface area contributed by atoms with Crippen molar-refractivity contribution in [3.05, 3.63) is 46.0 Å². The molecular formula is C14H18N5O5. The lowest BCUT2D eigenvalue weighted by molar-refractivity contribution is -0.525. The second-order valence-electron chi connectivity index (χ2n) is 4.69. The number of amides is 1. The van der Waals surface area contributed by atoms with Gasteiger partial charge >= 0.3 is 6.09 Å². The van der Waals surface area contributed by atoms with E-state index in [-0.39, 0.29) is 19.6 Å². The fourth-order valence-corrected chi connectivity index (χ4v) is 1.72. The third kappa shape index (κ3) is 8.32. The third-order valence-corrected chi connectivity index (χ3v) is 2.82. The van der Waals surface area contributed by atoms with Crippen molar-refractivity contribution in [1.29, 1.82) is 5.41 Å². The number of nitrogens with zero attached hydrogens (tertiary/aromatic N) is 1. The van der Waals surface area contributed by atoms with Crippen molar-refractivity contribution in [1.82, 2.24) is 16.1 Å². The molecule has 1 atom stereocenters. The Morgan fingerprint density at radius 2 is 2.08 bits per heavy atom. The van der Waals surface area contributed by atoms with Crippen LogP contribution in [0.5, 0.6) is 0 Å². The van der Waals surface area contributed by atoms with Gasteiger partial charge in [-0.2, -0.15) is 0 Å². The number of guanidine groups is 1. The maximum atomic E-state index is 11.6. The summed E-state index contributed by atoms with van der Waals surface area (Å²) >= 11 is 0. The summed E-state index contributed by atoms with van der Waals surface area (Å²) < 4.78 is 4.99. The lowest BCUT2D eigenvalue weighted by atomic mass is 10.2. The minimum atomic E-state index is -0.859. The van der Waals surface area contributed by atoms with E-state index in [1.807, 2.05) is 18.2 Å². The Labute approximate surface area is 138 Å². The second kappa shape index (κ2) is 10.5. The predicted octanol–water partition coefficient (Wildman–Crippen LogP) is 0.477. The van der Waals surface area contributed by atoms with Gasteiger partial charge in [0.1, 0.15) is 6.61 Å². The van der Waals surface area contributed by atoms with E-state index in [1.54, 1.807) is 23.8 Å². The zero-order valence-electron chi connectivity index (χ0n) is 12.8. The number of hydrogen-bond donors (Lipinski definition) is 4. The number of alkyl carbamates (subject to hydrolysis) is 1. The van der Waals surface area contributed by atoms with Crippen LogP contribution in [0.2, 0.25) is 0 Å². The van der Waals surface area contributed by atoms with Gasteiger partial charge in [0.05, 0.1) is 6.04 Å². The van der Waals surface area contributed by atoms with Crippen LogP contribution in [0.1, 0.15) is 18.4 Å². The van der Waals surface area contributed by atoms with Crippen molar-refractivity contribution in [3.8, 4) is 0 Å². The standard InChI is InChI=1S/C14H18N5O5/c15-13(18-19(22)23)16-8-4-7-12(9-20)17-14(21)24-10-11-5-2-1-3-6-11/h1-3,5-6,12H,4,7-8,10H2,(H,17,21)(H3,15,16,18)/t12-/m0/s1. The molecule has 0 aliphatic heterocycles. The van der Waals surface area contributed by atoms with Crippen LogP contribution in [0.15, 0.2) is 30.3 Å². The Kier molecular flexibility index (Phi) is 8.29. The minimum Gasteiger partial charge on any atom is -0.445 e. The number of carbonyl (C=O) groups excluding carboxylic acids is 2. The Hall–Kier alpha value is -3.17. The van der Waals surface area contributed by atoms with Gasteiger partial charge in [-0.1, -0.05) is 35.8 Å². The Bertz CT molecular complexity index is 566. The maximum absolute atomic E-state index is 11.6. The van der Waals surface area contributed by atoms with Gasteiger partial charge in [-0.25, -0.2) is 14.9 Å². The number of carbonyl (C=O) groups is 1. The summed E-state index contributed by atoms with van der Waals surface area (Å²) in [7, 11) is 0. The zero-order chi connectivity index (χ0) is 17.8. The highest BCUT2D eigenvalue weighted by Gasteiger charge is 2.13. The molecule has 4 N–H and O–H groups in total. The normalized spacial score (nSPS) is 11.0. The lowest BCUT2D eigenvalue weighted by Crippen LogP contribution is -2.41. The van der Waals surface area contributed by atoms with Gasteiger partial charge in [-0.3, -0.25) is 10.2 Å². The molecule has 0 aliphatic rings. The Morgan fingerprint density at radius 1 is 1.38 bits per heavy atom. The Balaban J connectivity index is 2.21. The SMILES string of the molecule is N=C(NCCC[C@@H]([C]=O)NC(=O)OCc1ccccc1)N[N+](=O)[O-]. The highest BCUT2D eigenvalue weighted by Crippen LogP contribution is 2.01. The predicted molar refractivity (Wildman–Crippen MR) is 84.3 cm³/mol. The van der Waals surface area contributed by atoms with Gasteiger partial charge in [0.2, 0.25) is 6.29 Å². The van der Waals surface area contributed by atoms with E-state index in [0.717, 1.165) is 5.56 Å². The van der Waals surface area contributed by atoms with Crippen LogP contribution in [-0.4, -0.2) is 36.0 Å². The molecule has 1 amide bonds. The molecule has 0 aromatic heterocycles. The van der Waals surface area contributed by atoms with Crippen LogP contribution in [-0.2, 0) is 16.1 Å². The summed E-state index contributed by atoms with van der Waals surface area (Å²) in [6.07, 6.45) is 1.59. The summed E-state index contributed by atoms with van der Waals surface area (Å²) in [5.74, 6) is -0.457. The molecule has 1 aromatic rings. The molecule has 1 rings (SSSR count). The van der Waals surface area contributed by atoms with Crippen molar-refractivity contribution >= 4 is 18.3 Å². The molecule has 0 aliphatic carbocycles. The molecule has 1 aromatic carbocycles. The number of hydrazine groups is 1. The number of benzene rings is 1. The molecule has 0 spiro atoms.